The van der Waals surface area contributed by atoms with E-state index in [9.17, 15) is 0 Å². The molecule has 92 valence electrons. The summed E-state index contributed by atoms with van der Waals surface area (Å²) in [6.45, 7) is 0. The smallest absolute Gasteiger partial charge is 0.122 e. The standard InChI is InChI=1S/C12H9Cl2N3S/c13-8-2-1-5-17-12(8)18-10-4-3-7(11(15)16)6-9(10)14/h1-6H,(H3,15,16). The second-order valence-electron chi connectivity index (χ2n) is 3.45. The van der Waals surface area contributed by atoms with Gasteiger partial charge in [0.1, 0.15) is 10.9 Å². The number of hydrogen-bond donors (Lipinski definition) is 2. The fourth-order valence-corrected chi connectivity index (χ4v) is 2.62. The molecule has 0 aliphatic rings. The van der Waals surface area contributed by atoms with E-state index in [1.807, 2.05) is 0 Å². The van der Waals surface area contributed by atoms with Gasteiger partial charge in [0.05, 0.1) is 10.0 Å². The van der Waals surface area contributed by atoms with Crippen molar-refractivity contribution < 1.29 is 0 Å². The summed E-state index contributed by atoms with van der Waals surface area (Å²) in [4.78, 5) is 5.00. The molecule has 1 heterocycles. The molecule has 0 fully saturated rings. The minimum atomic E-state index is -0.00989. The molecule has 0 atom stereocenters. The number of hydrogen-bond acceptors (Lipinski definition) is 3. The lowest BCUT2D eigenvalue weighted by Gasteiger charge is -2.06. The Morgan fingerprint density at radius 3 is 2.61 bits per heavy atom. The van der Waals surface area contributed by atoms with Crippen molar-refractivity contribution in [2.24, 2.45) is 5.73 Å². The lowest BCUT2D eigenvalue weighted by molar-refractivity contribution is 1.13. The zero-order valence-corrected chi connectivity index (χ0v) is 11.5. The Hall–Kier alpha value is -1.23. The van der Waals surface area contributed by atoms with Gasteiger partial charge in [-0.15, -0.1) is 0 Å². The van der Waals surface area contributed by atoms with E-state index in [4.69, 9.17) is 34.3 Å². The number of halogens is 2. The Morgan fingerprint density at radius 1 is 1.22 bits per heavy atom. The molecule has 0 aliphatic carbocycles. The van der Waals surface area contributed by atoms with E-state index in [0.29, 0.717) is 20.6 Å². The van der Waals surface area contributed by atoms with Gasteiger partial charge >= 0.3 is 0 Å². The first-order valence-corrected chi connectivity index (χ1v) is 6.57. The van der Waals surface area contributed by atoms with Crippen molar-refractivity contribution in [2.45, 2.75) is 9.92 Å². The van der Waals surface area contributed by atoms with Gasteiger partial charge in [-0.3, -0.25) is 5.41 Å². The molecule has 2 rings (SSSR count). The van der Waals surface area contributed by atoms with Crippen LogP contribution in [0.3, 0.4) is 0 Å². The maximum absolute atomic E-state index is 7.34. The molecule has 0 saturated heterocycles. The third-order valence-electron chi connectivity index (χ3n) is 2.17. The Kier molecular flexibility index (Phi) is 4.11. The van der Waals surface area contributed by atoms with E-state index in [-0.39, 0.29) is 5.84 Å². The van der Waals surface area contributed by atoms with Crippen molar-refractivity contribution in [3.8, 4) is 0 Å². The summed E-state index contributed by atoms with van der Waals surface area (Å²) >= 11 is 13.5. The average molecular weight is 298 g/mol. The van der Waals surface area contributed by atoms with Crippen molar-refractivity contribution in [3.63, 3.8) is 0 Å². The molecule has 2 aromatic rings. The summed E-state index contributed by atoms with van der Waals surface area (Å²) in [6, 6.07) is 8.74. The van der Waals surface area contributed by atoms with Gasteiger partial charge in [0, 0.05) is 16.7 Å². The number of nitrogens with one attached hydrogen (secondary N) is 1. The van der Waals surface area contributed by atoms with E-state index >= 15 is 0 Å². The van der Waals surface area contributed by atoms with Crippen LogP contribution in [0.15, 0.2) is 46.5 Å². The van der Waals surface area contributed by atoms with E-state index in [1.165, 1.54) is 11.8 Å². The van der Waals surface area contributed by atoms with Gasteiger partial charge in [-0.1, -0.05) is 41.0 Å². The maximum Gasteiger partial charge on any atom is 0.122 e. The molecule has 3 N–H and O–H groups in total. The van der Waals surface area contributed by atoms with Gasteiger partial charge in [-0.05, 0) is 24.3 Å². The van der Waals surface area contributed by atoms with Crippen molar-refractivity contribution in [2.75, 3.05) is 0 Å². The van der Waals surface area contributed by atoms with Crippen molar-refractivity contribution in [1.29, 1.82) is 5.41 Å². The Balaban J connectivity index is 2.30. The molecule has 1 aromatic heterocycles. The van der Waals surface area contributed by atoms with Gasteiger partial charge in [0.15, 0.2) is 0 Å². The number of nitrogen functional groups attached to an aromatic ring is 1. The normalized spacial score (nSPS) is 10.3. The van der Waals surface area contributed by atoms with Crippen LogP contribution in [0.25, 0.3) is 0 Å². The highest BCUT2D eigenvalue weighted by Gasteiger charge is 2.08. The predicted octanol–water partition coefficient (Wildman–Crippen LogP) is 3.82. The van der Waals surface area contributed by atoms with Crippen LogP contribution in [0.1, 0.15) is 5.56 Å². The van der Waals surface area contributed by atoms with E-state index < -0.39 is 0 Å². The molecular formula is C12H9Cl2N3S. The zero-order valence-electron chi connectivity index (χ0n) is 9.15. The van der Waals surface area contributed by atoms with Crippen LogP contribution in [0, 0.1) is 5.41 Å². The molecule has 0 unspecified atom stereocenters. The van der Waals surface area contributed by atoms with E-state index in [2.05, 4.69) is 4.98 Å². The molecule has 18 heavy (non-hydrogen) atoms. The fraction of sp³-hybridized carbons (Fsp3) is 0. The number of nitrogens with zero attached hydrogens (tertiary/aromatic N) is 1. The topological polar surface area (TPSA) is 62.8 Å². The van der Waals surface area contributed by atoms with Crippen LogP contribution in [0.5, 0.6) is 0 Å². The fourth-order valence-electron chi connectivity index (χ4n) is 1.30. The first-order valence-electron chi connectivity index (χ1n) is 5.00. The van der Waals surface area contributed by atoms with E-state index in [0.717, 1.165) is 4.90 Å². The molecule has 6 heteroatoms. The summed E-state index contributed by atoms with van der Waals surface area (Å²) in [7, 11) is 0. The van der Waals surface area contributed by atoms with Gasteiger partial charge < -0.3 is 5.73 Å². The minimum Gasteiger partial charge on any atom is -0.384 e. The van der Waals surface area contributed by atoms with Gasteiger partial charge in [-0.25, -0.2) is 4.98 Å². The third kappa shape index (κ3) is 2.96. The second-order valence-corrected chi connectivity index (χ2v) is 5.30. The Morgan fingerprint density at radius 2 is 2.00 bits per heavy atom. The molecule has 0 aliphatic heterocycles. The number of nitrogens with two attached hydrogens (primary N) is 1. The highest BCUT2D eigenvalue weighted by atomic mass is 35.5. The summed E-state index contributed by atoms with van der Waals surface area (Å²) in [5.41, 5.74) is 5.99. The molecule has 3 nitrogen and oxygen atoms in total. The van der Waals surface area contributed by atoms with E-state index in [1.54, 1.807) is 36.5 Å². The molecule has 0 amide bonds. The van der Waals surface area contributed by atoms with Gasteiger partial charge in [0.2, 0.25) is 0 Å². The second kappa shape index (κ2) is 5.61. The number of benzene rings is 1. The molecule has 0 bridgehead atoms. The highest BCUT2D eigenvalue weighted by Crippen LogP contribution is 2.35. The Bertz CT molecular complexity index is 602. The van der Waals surface area contributed by atoms with Crippen LogP contribution >= 0.6 is 35.0 Å². The largest absolute Gasteiger partial charge is 0.384 e. The van der Waals surface area contributed by atoms with Gasteiger partial charge in [-0.2, -0.15) is 0 Å². The van der Waals surface area contributed by atoms with Crippen molar-refractivity contribution >= 4 is 40.8 Å². The van der Waals surface area contributed by atoms with Crippen LogP contribution < -0.4 is 5.73 Å². The summed E-state index contributed by atoms with van der Waals surface area (Å²) in [5.74, 6) is -0.00989. The number of rotatable bonds is 3. The minimum absolute atomic E-state index is 0.00989. The first kappa shape index (κ1) is 13.2. The summed E-state index contributed by atoms with van der Waals surface area (Å²) in [6.07, 6.45) is 1.67. The van der Waals surface area contributed by atoms with Crippen molar-refractivity contribution in [3.05, 3.63) is 52.1 Å². The SMILES string of the molecule is N=C(N)c1ccc(Sc2ncccc2Cl)c(Cl)c1. The summed E-state index contributed by atoms with van der Waals surface area (Å²) in [5, 5.41) is 9.13. The quantitative estimate of drug-likeness (QED) is 0.668. The van der Waals surface area contributed by atoms with Crippen LogP contribution in [-0.4, -0.2) is 10.8 Å². The lowest BCUT2D eigenvalue weighted by Crippen LogP contribution is -2.10. The summed E-state index contributed by atoms with van der Waals surface area (Å²) < 4.78 is 0. The van der Waals surface area contributed by atoms with Crippen LogP contribution in [0.4, 0.5) is 0 Å². The monoisotopic (exact) mass is 297 g/mol. The van der Waals surface area contributed by atoms with Crippen LogP contribution in [-0.2, 0) is 0 Å². The van der Waals surface area contributed by atoms with Gasteiger partial charge in [0.25, 0.3) is 0 Å². The van der Waals surface area contributed by atoms with Crippen LogP contribution in [0.2, 0.25) is 10.0 Å². The molecule has 0 saturated carbocycles. The third-order valence-corrected chi connectivity index (χ3v) is 4.11. The molecule has 1 aromatic carbocycles. The predicted molar refractivity (Wildman–Crippen MR) is 75.8 cm³/mol. The number of pyridine rings is 1. The number of aromatic nitrogens is 1. The molecule has 0 radical (unpaired) electrons. The average Bonchev–Trinajstić information content (AvgIpc) is 2.34. The zero-order chi connectivity index (χ0) is 13.1. The highest BCUT2D eigenvalue weighted by molar-refractivity contribution is 7.99. The number of amidine groups is 1. The Labute approximate surface area is 119 Å². The van der Waals surface area contributed by atoms with Crippen molar-refractivity contribution in [1.82, 2.24) is 4.98 Å². The molecule has 0 spiro atoms. The first-order chi connectivity index (χ1) is 8.58. The molecular weight excluding hydrogens is 289 g/mol. The lowest BCUT2D eigenvalue weighted by atomic mass is 10.2. The maximum atomic E-state index is 7.34.